The number of benzene rings is 3. The second kappa shape index (κ2) is 7.98. The van der Waals surface area contributed by atoms with Crippen molar-refractivity contribution in [3.05, 3.63) is 90.3 Å². The maximum Gasteiger partial charge on any atom is 0.235 e. The van der Waals surface area contributed by atoms with E-state index >= 15 is 0 Å². The van der Waals surface area contributed by atoms with Gasteiger partial charge in [0.2, 0.25) is 5.91 Å². The van der Waals surface area contributed by atoms with Crippen LogP contribution in [0.5, 0.6) is 0 Å². The van der Waals surface area contributed by atoms with E-state index in [0.29, 0.717) is 32.5 Å². The number of anilines is 1. The number of carbonyl (C=O) groups is 1. The summed E-state index contributed by atoms with van der Waals surface area (Å²) in [7, 11) is 0. The van der Waals surface area contributed by atoms with Gasteiger partial charge in [0.1, 0.15) is 0 Å². The van der Waals surface area contributed by atoms with Crippen molar-refractivity contribution < 1.29 is 10.0 Å². The average Bonchev–Trinajstić information content (AvgIpc) is 3.43. The highest BCUT2D eigenvalue weighted by Crippen LogP contribution is 2.46. The molecular formula is C29H25N5O2. The number of piperidine rings is 1. The van der Waals surface area contributed by atoms with Crippen LogP contribution < -0.4 is 5.32 Å². The molecule has 3 aromatic carbocycles. The molecule has 2 N–H and O–H groups in total. The number of amides is 1. The van der Waals surface area contributed by atoms with Gasteiger partial charge in [-0.25, -0.2) is 0 Å². The zero-order chi connectivity index (χ0) is 24.3. The molecule has 5 aromatic rings. The first-order chi connectivity index (χ1) is 17.6. The normalized spacial score (nSPS) is 17.1. The molecule has 36 heavy (non-hydrogen) atoms. The summed E-state index contributed by atoms with van der Waals surface area (Å²) in [6, 6.07) is 23.0. The molecule has 2 aliphatic rings. The second-order valence-corrected chi connectivity index (χ2v) is 9.86. The first kappa shape index (κ1) is 21.2. The Balaban J connectivity index is 1.22. The van der Waals surface area contributed by atoms with E-state index in [0.717, 1.165) is 44.2 Å². The summed E-state index contributed by atoms with van der Waals surface area (Å²) in [6.07, 6.45) is 4.96. The quantitative estimate of drug-likeness (QED) is 0.385. The standard InChI is InChI=1S/C29H25N5O2/c35-28-29(9-12-33(36)13-10-29)24-7-6-20(15-26(24)32-28)21-4-5-23-17-31-34(27(23)16-21)18-19-3-8-25-22(14-19)2-1-11-30-25/h1-8,11,14-17,36H,9-10,12-13,18H2,(H,32,35). The Morgan fingerprint density at radius 1 is 0.944 bits per heavy atom. The number of aromatic nitrogens is 3. The molecule has 0 atom stereocenters. The van der Waals surface area contributed by atoms with Gasteiger partial charge >= 0.3 is 0 Å². The van der Waals surface area contributed by atoms with Crippen molar-refractivity contribution in [3.63, 3.8) is 0 Å². The number of hydrogen-bond donors (Lipinski definition) is 2. The first-order valence-electron chi connectivity index (χ1n) is 12.3. The number of nitrogens with one attached hydrogen (secondary N) is 1. The molecule has 7 rings (SSSR count). The fraction of sp³-hybridized carbons (Fsp3) is 0.207. The molecule has 2 aromatic heterocycles. The molecule has 0 aliphatic carbocycles. The van der Waals surface area contributed by atoms with Crippen molar-refractivity contribution in [2.45, 2.75) is 24.8 Å². The minimum atomic E-state index is -0.537. The molecule has 1 saturated heterocycles. The van der Waals surface area contributed by atoms with Gasteiger partial charge in [0.05, 0.1) is 29.2 Å². The van der Waals surface area contributed by atoms with E-state index in [1.165, 1.54) is 10.6 Å². The van der Waals surface area contributed by atoms with Gasteiger partial charge in [0.25, 0.3) is 0 Å². The molecule has 7 heteroatoms. The molecule has 1 fully saturated rings. The minimum Gasteiger partial charge on any atom is -0.325 e. The van der Waals surface area contributed by atoms with Crippen molar-refractivity contribution in [1.82, 2.24) is 19.8 Å². The predicted molar refractivity (Wildman–Crippen MR) is 139 cm³/mol. The molecule has 7 nitrogen and oxygen atoms in total. The van der Waals surface area contributed by atoms with E-state index < -0.39 is 5.41 Å². The number of carbonyl (C=O) groups excluding carboxylic acids is 1. The van der Waals surface area contributed by atoms with Crippen LogP contribution in [0, 0.1) is 0 Å². The topological polar surface area (TPSA) is 83.3 Å². The fourth-order valence-corrected chi connectivity index (χ4v) is 5.75. The van der Waals surface area contributed by atoms with Gasteiger partial charge in [0, 0.05) is 35.7 Å². The van der Waals surface area contributed by atoms with Crippen LogP contribution in [0.3, 0.4) is 0 Å². The van der Waals surface area contributed by atoms with Crippen LogP contribution in [-0.2, 0) is 16.8 Å². The van der Waals surface area contributed by atoms with Crippen molar-refractivity contribution >= 4 is 33.4 Å². The Labute approximate surface area is 207 Å². The lowest BCUT2D eigenvalue weighted by Crippen LogP contribution is -2.45. The molecule has 1 amide bonds. The maximum atomic E-state index is 13.0. The molecule has 2 aliphatic heterocycles. The SMILES string of the molecule is O=C1Nc2cc(-c3ccc4cnn(Cc5ccc6ncccc6c5)c4c3)ccc2C12CCN(O)CC2. The highest BCUT2D eigenvalue weighted by atomic mass is 16.5. The van der Waals surface area contributed by atoms with Gasteiger partial charge in [-0.2, -0.15) is 10.2 Å². The Morgan fingerprint density at radius 2 is 1.78 bits per heavy atom. The average molecular weight is 476 g/mol. The van der Waals surface area contributed by atoms with Gasteiger partial charge in [-0.05, 0) is 65.4 Å². The molecule has 0 unspecified atom stereocenters. The van der Waals surface area contributed by atoms with E-state index in [9.17, 15) is 10.0 Å². The molecule has 4 heterocycles. The van der Waals surface area contributed by atoms with Crippen molar-refractivity contribution in [2.75, 3.05) is 18.4 Å². The lowest BCUT2D eigenvalue weighted by atomic mass is 9.74. The van der Waals surface area contributed by atoms with E-state index in [4.69, 9.17) is 0 Å². The van der Waals surface area contributed by atoms with Crippen molar-refractivity contribution in [3.8, 4) is 11.1 Å². The third-order valence-corrected chi connectivity index (χ3v) is 7.79. The Hall–Kier alpha value is -4.07. The van der Waals surface area contributed by atoms with Crippen LogP contribution in [0.4, 0.5) is 5.69 Å². The van der Waals surface area contributed by atoms with Gasteiger partial charge in [-0.3, -0.25) is 14.5 Å². The Morgan fingerprint density at radius 3 is 2.67 bits per heavy atom. The molecular weight excluding hydrogens is 450 g/mol. The number of hydroxylamine groups is 2. The van der Waals surface area contributed by atoms with Gasteiger partial charge in [-0.1, -0.05) is 36.4 Å². The summed E-state index contributed by atoms with van der Waals surface area (Å²) in [5, 5.41) is 21.1. The van der Waals surface area contributed by atoms with E-state index in [1.807, 2.05) is 23.1 Å². The number of hydrogen-bond acceptors (Lipinski definition) is 5. The van der Waals surface area contributed by atoms with E-state index in [1.54, 1.807) is 0 Å². The molecule has 178 valence electrons. The summed E-state index contributed by atoms with van der Waals surface area (Å²) < 4.78 is 2.03. The largest absolute Gasteiger partial charge is 0.325 e. The molecule has 1 spiro atoms. The monoisotopic (exact) mass is 475 g/mol. The van der Waals surface area contributed by atoms with Crippen LogP contribution >= 0.6 is 0 Å². The third kappa shape index (κ3) is 3.31. The van der Waals surface area contributed by atoms with Crippen molar-refractivity contribution in [1.29, 1.82) is 0 Å². The van der Waals surface area contributed by atoms with E-state index in [2.05, 4.69) is 76.1 Å². The number of nitrogens with zero attached hydrogens (tertiary/aromatic N) is 4. The summed E-state index contributed by atoms with van der Waals surface area (Å²) in [6.45, 7) is 1.68. The summed E-state index contributed by atoms with van der Waals surface area (Å²) in [5.74, 6) is 0.0434. The summed E-state index contributed by atoms with van der Waals surface area (Å²) in [5.41, 5.74) is 6.74. The second-order valence-electron chi connectivity index (χ2n) is 9.86. The summed E-state index contributed by atoms with van der Waals surface area (Å²) >= 11 is 0. The smallest absolute Gasteiger partial charge is 0.235 e. The van der Waals surface area contributed by atoms with Crippen LogP contribution in [0.25, 0.3) is 32.9 Å². The fourth-order valence-electron chi connectivity index (χ4n) is 5.75. The lowest BCUT2D eigenvalue weighted by Gasteiger charge is -2.35. The Kier molecular flexibility index (Phi) is 4.71. The number of pyridine rings is 1. The molecule has 0 saturated carbocycles. The number of fused-ring (bicyclic) bond motifs is 4. The Bertz CT molecular complexity index is 1650. The highest BCUT2D eigenvalue weighted by Gasteiger charge is 2.48. The van der Waals surface area contributed by atoms with Crippen LogP contribution in [-0.4, -0.2) is 44.0 Å². The van der Waals surface area contributed by atoms with Crippen LogP contribution in [0.1, 0.15) is 24.0 Å². The zero-order valence-corrected chi connectivity index (χ0v) is 19.7. The van der Waals surface area contributed by atoms with Crippen molar-refractivity contribution in [2.24, 2.45) is 0 Å². The molecule has 0 radical (unpaired) electrons. The predicted octanol–water partition coefficient (Wildman–Crippen LogP) is 4.97. The maximum absolute atomic E-state index is 13.0. The lowest BCUT2D eigenvalue weighted by molar-refractivity contribution is -0.135. The van der Waals surface area contributed by atoms with Gasteiger partial charge in [0.15, 0.2) is 0 Å². The van der Waals surface area contributed by atoms with Gasteiger partial charge in [-0.15, -0.1) is 0 Å². The zero-order valence-electron chi connectivity index (χ0n) is 19.7. The van der Waals surface area contributed by atoms with Crippen LogP contribution in [0.2, 0.25) is 0 Å². The number of rotatable bonds is 3. The first-order valence-corrected chi connectivity index (χ1v) is 12.3. The minimum absolute atomic E-state index is 0.0434. The molecule has 0 bridgehead atoms. The van der Waals surface area contributed by atoms with E-state index in [-0.39, 0.29) is 5.91 Å². The van der Waals surface area contributed by atoms with Crippen LogP contribution in [0.15, 0.2) is 79.1 Å². The van der Waals surface area contributed by atoms with Gasteiger partial charge < -0.3 is 10.5 Å². The highest BCUT2D eigenvalue weighted by molar-refractivity contribution is 6.07. The third-order valence-electron chi connectivity index (χ3n) is 7.79. The summed E-state index contributed by atoms with van der Waals surface area (Å²) in [4.78, 5) is 17.4.